The first-order chi connectivity index (χ1) is 11.5. The minimum Gasteiger partial charge on any atom is -0.339 e. The summed E-state index contributed by atoms with van der Waals surface area (Å²) >= 11 is 6.15. The van der Waals surface area contributed by atoms with Crippen LogP contribution < -0.4 is 10.6 Å². The Labute approximate surface area is 146 Å². The summed E-state index contributed by atoms with van der Waals surface area (Å²) in [6.07, 6.45) is 1.57. The van der Waals surface area contributed by atoms with E-state index in [-0.39, 0.29) is 0 Å². The normalized spacial score (nSPS) is 10.5. The highest BCUT2D eigenvalue weighted by molar-refractivity contribution is 6.31. The quantitative estimate of drug-likeness (QED) is 0.705. The lowest BCUT2D eigenvalue weighted by molar-refractivity contribution is 0.981. The molecular formula is C18H18ClN5. The van der Waals surface area contributed by atoms with Gasteiger partial charge in [-0.1, -0.05) is 35.9 Å². The van der Waals surface area contributed by atoms with Gasteiger partial charge in [0.1, 0.15) is 0 Å². The third-order valence-electron chi connectivity index (χ3n) is 3.72. The van der Waals surface area contributed by atoms with Gasteiger partial charge in [0.15, 0.2) is 5.82 Å². The van der Waals surface area contributed by atoms with Crippen molar-refractivity contribution in [2.75, 3.05) is 10.6 Å². The fourth-order valence-corrected chi connectivity index (χ4v) is 2.54. The van der Waals surface area contributed by atoms with Crippen LogP contribution in [0.2, 0.25) is 5.02 Å². The standard InChI is InChI=1S/C18H18ClN5/c1-11-7-8-14(9-15(11)19)21-16-10-20-24-18(22-16)23-17-12(2)5-4-6-13(17)3/h4-10H,1-3H3,(H2,21,22,23,24). The van der Waals surface area contributed by atoms with Gasteiger partial charge in [-0.2, -0.15) is 10.1 Å². The minimum absolute atomic E-state index is 0.440. The number of nitrogens with zero attached hydrogens (tertiary/aromatic N) is 3. The molecule has 3 aromatic rings. The molecule has 3 rings (SSSR count). The van der Waals surface area contributed by atoms with Crippen LogP contribution in [0.15, 0.2) is 42.6 Å². The van der Waals surface area contributed by atoms with Crippen molar-refractivity contribution in [3.05, 3.63) is 64.3 Å². The molecule has 2 N–H and O–H groups in total. The highest BCUT2D eigenvalue weighted by atomic mass is 35.5. The molecule has 24 heavy (non-hydrogen) atoms. The molecule has 0 spiro atoms. The molecule has 0 aliphatic rings. The van der Waals surface area contributed by atoms with Gasteiger partial charge in [-0.3, -0.25) is 0 Å². The number of aryl methyl sites for hydroxylation is 3. The number of hydrogen-bond donors (Lipinski definition) is 2. The maximum atomic E-state index is 6.15. The first-order valence-electron chi connectivity index (χ1n) is 7.59. The van der Waals surface area contributed by atoms with Gasteiger partial charge in [-0.25, -0.2) is 0 Å². The van der Waals surface area contributed by atoms with Gasteiger partial charge in [0.25, 0.3) is 0 Å². The Morgan fingerprint density at radius 2 is 1.67 bits per heavy atom. The molecule has 0 saturated heterocycles. The van der Waals surface area contributed by atoms with Gasteiger partial charge >= 0.3 is 0 Å². The first kappa shape index (κ1) is 16.2. The lowest BCUT2D eigenvalue weighted by Gasteiger charge is -2.12. The third-order valence-corrected chi connectivity index (χ3v) is 4.13. The monoisotopic (exact) mass is 339 g/mol. The van der Waals surface area contributed by atoms with Crippen LogP contribution in [-0.2, 0) is 0 Å². The van der Waals surface area contributed by atoms with Crippen molar-refractivity contribution in [1.29, 1.82) is 0 Å². The fraction of sp³-hybridized carbons (Fsp3) is 0.167. The summed E-state index contributed by atoms with van der Waals surface area (Å²) in [4.78, 5) is 4.46. The van der Waals surface area contributed by atoms with Crippen LogP contribution in [0.5, 0.6) is 0 Å². The van der Waals surface area contributed by atoms with E-state index in [4.69, 9.17) is 11.6 Å². The van der Waals surface area contributed by atoms with Crippen molar-refractivity contribution in [3.8, 4) is 0 Å². The molecule has 1 heterocycles. The molecule has 0 atom stereocenters. The molecule has 0 bridgehead atoms. The van der Waals surface area contributed by atoms with Gasteiger partial charge in [-0.05, 0) is 49.6 Å². The number of rotatable bonds is 4. The van der Waals surface area contributed by atoms with Crippen LogP contribution in [0.3, 0.4) is 0 Å². The zero-order valence-electron chi connectivity index (χ0n) is 13.8. The van der Waals surface area contributed by atoms with E-state index >= 15 is 0 Å². The van der Waals surface area contributed by atoms with Crippen LogP contribution in [0.25, 0.3) is 0 Å². The van der Waals surface area contributed by atoms with Gasteiger partial charge in [0.05, 0.1) is 6.20 Å². The Morgan fingerprint density at radius 3 is 2.38 bits per heavy atom. The maximum Gasteiger partial charge on any atom is 0.249 e. The molecule has 0 aliphatic carbocycles. The summed E-state index contributed by atoms with van der Waals surface area (Å²) in [5, 5.41) is 15.2. The van der Waals surface area contributed by atoms with Crippen LogP contribution >= 0.6 is 11.6 Å². The van der Waals surface area contributed by atoms with Crippen LogP contribution in [0.4, 0.5) is 23.1 Å². The SMILES string of the molecule is Cc1ccc(Nc2cnnc(Nc3c(C)cccc3C)n2)cc1Cl. The second-order valence-electron chi connectivity index (χ2n) is 5.65. The smallest absolute Gasteiger partial charge is 0.249 e. The average molecular weight is 340 g/mol. The van der Waals surface area contributed by atoms with Crippen molar-refractivity contribution < 1.29 is 0 Å². The Morgan fingerprint density at radius 1 is 0.917 bits per heavy atom. The van der Waals surface area contributed by atoms with Gasteiger partial charge in [0.2, 0.25) is 5.95 Å². The number of para-hydroxylation sites is 1. The van der Waals surface area contributed by atoms with Crippen molar-refractivity contribution in [2.45, 2.75) is 20.8 Å². The van der Waals surface area contributed by atoms with E-state index < -0.39 is 0 Å². The molecule has 122 valence electrons. The average Bonchev–Trinajstić information content (AvgIpc) is 2.55. The lowest BCUT2D eigenvalue weighted by atomic mass is 10.1. The van der Waals surface area contributed by atoms with Gasteiger partial charge < -0.3 is 10.6 Å². The van der Waals surface area contributed by atoms with Gasteiger partial charge in [-0.15, -0.1) is 5.10 Å². The molecule has 2 aromatic carbocycles. The first-order valence-corrected chi connectivity index (χ1v) is 7.97. The van der Waals surface area contributed by atoms with Crippen LogP contribution in [-0.4, -0.2) is 15.2 Å². The number of hydrogen-bond acceptors (Lipinski definition) is 5. The molecule has 0 fully saturated rings. The van der Waals surface area contributed by atoms with E-state index in [2.05, 4.69) is 25.8 Å². The summed E-state index contributed by atoms with van der Waals surface area (Å²) < 4.78 is 0. The Balaban J connectivity index is 1.82. The highest BCUT2D eigenvalue weighted by Gasteiger charge is 2.06. The second-order valence-corrected chi connectivity index (χ2v) is 6.05. The maximum absolute atomic E-state index is 6.15. The summed E-state index contributed by atoms with van der Waals surface area (Å²) in [7, 11) is 0. The predicted octanol–water partition coefficient (Wildman–Crippen LogP) is 4.94. The van der Waals surface area contributed by atoms with E-state index in [1.54, 1.807) is 6.20 Å². The Hall–Kier alpha value is -2.66. The Kier molecular flexibility index (Phi) is 4.62. The van der Waals surface area contributed by atoms with Crippen LogP contribution in [0.1, 0.15) is 16.7 Å². The second kappa shape index (κ2) is 6.84. The number of nitrogens with one attached hydrogen (secondary N) is 2. The van der Waals surface area contributed by atoms with Crippen molar-refractivity contribution in [2.24, 2.45) is 0 Å². The molecule has 0 aliphatic heterocycles. The molecular weight excluding hydrogens is 322 g/mol. The molecule has 0 amide bonds. The predicted molar refractivity (Wildman–Crippen MR) is 98.5 cm³/mol. The zero-order valence-corrected chi connectivity index (χ0v) is 14.5. The molecule has 0 saturated carbocycles. The summed E-state index contributed by atoms with van der Waals surface area (Å²) in [6.45, 7) is 6.04. The van der Waals surface area contributed by atoms with Crippen molar-refractivity contribution in [1.82, 2.24) is 15.2 Å². The largest absolute Gasteiger partial charge is 0.339 e. The molecule has 0 unspecified atom stereocenters. The Bertz CT molecular complexity index is 859. The minimum atomic E-state index is 0.440. The van der Waals surface area contributed by atoms with E-state index in [9.17, 15) is 0 Å². The van der Waals surface area contributed by atoms with Crippen molar-refractivity contribution >= 4 is 34.7 Å². The van der Waals surface area contributed by atoms with Crippen molar-refractivity contribution in [3.63, 3.8) is 0 Å². The molecule has 6 heteroatoms. The zero-order chi connectivity index (χ0) is 17.1. The number of anilines is 4. The van der Waals surface area contributed by atoms with E-state index in [1.807, 2.05) is 57.2 Å². The van der Waals surface area contributed by atoms with Crippen LogP contribution in [0, 0.1) is 20.8 Å². The number of benzene rings is 2. The van der Waals surface area contributed by atoms with E-state index in [1.165, 1.54) is 0 Å². The van der Waals surface area contributed by atoms with E-state index in [0.29, 0.717) is 16.8 Å². The van der Waals surface area contributed by atoms with E-state index in [0.717, 1.165) is 28.1 Å². The summed E-state index contributed by atoms with van der Waals surface area (Å²) in [6, 6.07) is 11.9. The molecule has 1 aromatic heterocycles. The lowest BCUT2D eigenvalue weighted by Crippen LogP contribution is -2.04. The number of halogens is 1. The topological polar surface area (TPSA) is 62.7 Å². The molecule has 5 nitrogen and oxygen atoms in total. The fourth-order valence-electron chi connectivity index (χ4n) is 2.36. The highest BCUT2D eigenvalue weighted by Crippen LogP contribution is 2.24. The summed E-state index contributed by atoms with van der Waals surface area (Å²) in [5.74, 6) is 1.04. The van der Waals surface area contributed by atoms with Gasteiger partial charge in [0, 0.05) is 16.4 Å². The third kappa shape index (κ3) is 3.63. The summed E-state index contributed by atoms with van der Waals surface area (Å²) in [5.41, 5.74) is 5.13. The molecule has 0 radical (unpaired) electrons. The number of aromatic nitrogens is 3.